The molecule has 2 aromatic carbocycles. The molecule has 0 aromatic heterocycles. The van der Waals surface area contributed by atoms with Crippen LogP contribution in [0, 0.1) is 0 Å². The van der Waals surface area contributed by atoms with Crippen LogP contribution in [0.15, 0.2) is 48.5 Å². The van der Waals surface area contributed by atoms with Gasteiger partial charge in [0.25, 0.3) is 0 Å². The average Bonchev–Trinajstić information content (AvgIpc) is 2.54. The Labute approximate surface area is 129 Å². The first-order valence-electron chi connectivity index (χ1n) is 7.21. The van der Waals surface area contributed by atoms with Crippen molar-refractivity contribution in [2.24, 2.45) is 0 Å². The zero-order chi connectivity index (χ0) is 15.9. The fraction of sp³-hybridized carbons (Fsp3) is 0.158. The Morgan fingerprint density at radius 2 is 1.68 bits per heavy atom. The molecule has 0 aliphatic carbocycles. The van der Waals surface area contributed by atoms with Crippen molar-refractivity contribution in [3.05, 3.63) is 70.8 Å². The summed E-state index contributed by atoms with van der Waals surface area (Å²) >= 11 is 0. The SMILES string of the molecule is CCC(=O)Cc1ccc(/C=C/c2ccccc2)cc1C(=O)O. The fourth-order valence-electron chi connectivity index (χ4n) is 2.15. The maximum absolute atomic E-state index is 11.5. The predicted molar refractivity (Wildman–Crippen MR) is 87.8 cm³/mol. The number of aromatic carboxylic acids is 1. The van der Waals surface area contributed by atoms with E-state index >= 15 is 0 Å². The van der Waals surface area contributed by atoms with E-state index in [1.54, 1.807) is 19.1 Å². The first-order chi connectivity index (χ1) is 10.6. The molecule has 0 fully saturated rings. The Morgan fingerprint density at radius 1 is 1.00 bits per heavy atom. The molecular weight excluding hydrogens is 276 g/mol. The van der Waals surface area contributed by atoms with Crippen molar-refractivity contribution >= 4 is 23.9 Å². The molecule has 3 nitrogen and oxygen atoms in total. The van der Waals surface area contributed by atoms with Gasteiger partial charge in [-0.15, -0.1) is 0 Å². The zero-order valence-corrected chi connectivity index (χ0v) is 12.5. The lowest BCUT2D eigenvalue weighted by molar-refractivity contribution is -0.118. The molecule has 0 saturated carbocycles. The van der Waals surface area contributed by atoms with Crippen LogP contribution in [0.2, 0.25) is 0 Å². The summed E-state index contributed by atoms with van der Waals surface area (Å²) in [6.45, 7) is 1.78. The molecule has 2 aromatic rings. The molecule has 0 aliphatic rings. The van der Waals surface area contributed by atoms with Gasteiger partial charge < -0.3 is 5.11 Å². The Kier molecular flexibility index (Phi) is 5.26. The number of hydrogen-bond acceptors (Lipinski definition) is 2. The van der Waals surface area contributed by atoms with Crippen LogP contribution in [-0.4, -0.2) is 16.9 Å². The summed E-state index contributed by atoms with van der Waals surface area (Å²) < 4.78 is 0. The second-order valence-electron chi connectivity index (χ2n) is 5.03. The highest BCUT2D eigenvalue weighted by atomic mass is 16.4. The van der Waals surface area contributed by atoms with Crippen LogP contribution in [-0.2, 0) is 11.2 Å². The van der Waals surface area contributed by atoms with Gasteiger partial charge in [-0.3, -0.25) is 4.79 Å². The van der Waals surface area contributed by atoms with E-state index < -0.39 is 5.97 Å². The Bertz CT molecular complexity index is 700. The third-order valence-electron chi connectivity index (χ3n) is 3.41. The van der Waals surface area contributed by atoms with Crippen LogP contribution < -0.4 is 0 Å². The smallest absolute Gasteiger partial charge is 0.335 e. The topological polar surface area (TPSA) is 54.4 Å². The molecule has 2 rings (SSSR count). The molecule has 112 valence electrons. The van der Waals surface area contributed by atoms with Crippen LogP contribution >= 0.6 is 0 Å². The standard InChI is InChI=1S/C19H18O3/c1-2-17(20)13-16-11-10-15(12-18(16)19(21)22)9-8-14-6-4-3-5-7-14/h3-12H,2,13H2,1H3,(H,21,22)/b9-8+. The van der Waals surface area contributed by atoms with Gasteiger partial charge in [-0.1, -0.05) is 61.5 Å². The molecule has 0 spiro atoms. The van der Waals surface area contributed by atoms with E-state index in [1.807, 2.05) is 48.6 Å². The van der Waals surface area contributed by atoms with E-state index in [0.717, 1.165) is 11.1 Å². The monoisotopic (exact) mass is 294 g/mol. The second-order valence-corrected chi connectivity index (χ2v) is 5.03. The first-order valence-corrected chi connectivity index (χ1v) is 7.21. The van der Waals surface area contributed by atoms with E-state index in [0.29, 0.717) is 12.0 Å². The molecule has 0 atom stereocenters. The molecule has 0 saturated heterocycles. The number of Topliss-reactive ketones (excluding diaryl/α,β-unsaturated/α-hetero) is 1. The van der Waals surface area contributed by atoms with Crippen LogP contribution in [0.25, 0.3) is 12.2 Å². The lowest BCUT2D eigenvalue weighted by atomic mass is 9.98. The van der Waals surface area contributed by atoms with Crippen LogP contribution in [0.4, 0.5) is 0 Å². The van der Waals surface area contributed by atoms with Crippen molar-refractivity contribution in [2.75, 3.05) is 0 Å². The highest BCUT2D eigenvalue weighted by Gasteiger charge is 2.12. The summed E-state index contributed by atoms with van der Waals surface area (Å²) in [5, 5.41) is 9.33. The van der Waals surface area contributed by atoms with Gasteiger partial charge in [0.1, 0.15) is 5.78 Å². The molecule has 1 N–H and O–H groups in total. The van der Waals surface area contributed by atoms with E-state index in [-0.39, 0.29) is 17.8 Å². The minimum atomic E-state index is -1.01. The van der Waals surface area contributed by atoms with Gasteiger partial charge in [0, 0.05) is 12.8 Å². The normalized spacial score (nSPS) is 10.8. The van der Waals surface area contributed by atoms with Gasteiger partial charge in [-0.05, 0) is 22.8 Å². The van der Waals surface area contributed by atoms with E-state index in [1.165, 1.54) is 0 Å². The summed E-state index contributed by atoms with van der Waals surface area (Å²) in [6, 6.07) is 15.0. The lowest BCUT2D eigenvalue weighted by Gasteiger charge is -2.06. The quantitative estimate of drug-likeness (QED) is 0.817. The Balaban J connectivity index is 2.27. The van der Waals surface area contributed by atoms with Crippen molar-refractivity contribution < 1.29 is 14.7 Å². The Hall–Kier alpha value is -2.68. The largest absolute Gasteiger partial charge is 0.478 e. The summed E-state index contributed by atoms with van der Waals surface area (Å²) in [5.74, 6) is -0.969. The minimum Gasteiger partial charge on any atom is -0.478 e. The van der Waals surface area contributed by atoms with Gasteiger partial charge in [0.2, 0.25) is 0 Å². The summed E-state index contributed by atoms with van der Waals surface area (Å²) in [6.07, 6.45) is 4.38. The lowest BCUT2D eigenvalue weighted by Crippen LogP contribution is -2.08. The summed E-state index contributed by atoms with van der Waals surface area (Å²) in [4.78, 5) is 22.9. The minimum absolute atomic E-state index is 0.0371. The molecule has 0 unspecified atom stereocenters. The van der Waals surface area contributed by atoms with Crippen molar-refractivity contribution in [3.63, 3.8) is 0 Å². The molecular formula is C19H18O3. The van der Waals surface area contributed by atoms with E-state index in [9.17, 15) is 14.7 Å². The van der Waals surface area contributed by atoms with Crippen molar-refractivity contribution in [1.29, 1.82) is 0 Å². The van der Waals surface area contributed by atoms with Crippen LogP contribution in [0.3, 0.4) is 0 Å². The highest BCUT2D eigenvalue weighted by Crippen LogP contribution is 2.16. The first kappa shape index (κ1) is 15.7. The molecule has 3 heteroatoms. The van der Waals surface area contributed by atoms with Crippen LogP contribution in [0.5, 0.6) is 0 Å². The van der Waals surface area contributed by atoms with Gasteiger partial charge in [0.15, 0.2) is 0 Å². The van der Waals surface area contributed by atoms with E-state index in [2.05, 4.69) is 0 Å². The molecule has 0 aliphatic heterocycles. The number of carbonyl (C=O) groups is 2. The number of carboxylic acid groups (broad SMARTS) is 1. The number of carboxylic acids is 1. The van der Waals surface area contributed by atoms with E-state index in [4.69, 9.17) is 0 Å². The highest BCUT2D eigenvalue weighted by molar-refractivity contribution is 5.93. The molecule has 0 radical (unpaired) electrons. The fourth-order valence-corrected chi connectivity index (χ4v) is 2.15. The molecule has 0 heterocycles. The summed E-state index contributed by atoms with van der Waals surface area (Å²) in [7, 11) is 0. The number of hydrogen-bond donors (Lipinski definition) is 1. The third kappa shape index (κ3) is 4.16. The van der Waals surface area contributed by atoms with Crippen molar-refractivity contribution in [3.8, 4) is 0 Å². The van der Waals surface area contributed by atoms with Gasteiger partial charge in [-0.2, -0.15) is 0 Å². The van der Waals surface area contributed by atoms with Crippen LogP contribution in [0.1, 0.15) is 40.4 Å². The number of ketones is 1. The van der Waals surface area contributed by atoms with Gasteiger partial charge in [0.05, 0.1) is 5.56 Å². The molecule has 22 heavy (non-hydrogen) atoms. The predicted octanol–water partition coefficient (Wildman–Crippen LogP) is 4.08. The zero-order valence-electron chi connectivity index (χ0n) is 12.5. The van der Waals surface area contributed by atoms with Gasteiger partial charge >= 0.3 is 5.97 Å². The Morgan fingerprint density at radius 3 is 2.32 bits per heavy atom. The average molecular weight is 294 g/mol. The third-order valence-corrected chi connectivity index (χ3v) is 3.41. The molecule has 0 amide bonds. The number of carbonyl (C=O) groups excluding carboxylic acids is 1. The maximum atomic E-state index is 11.5. The number of benzene rings is 2. The number of rotatable bonds is 6. The second kappa shape index (κ2) is 7.36. The van der Waals surface area contributed by atoms with Crippen molar-refractivity contribution in [1.82, 2.24) is 0 Å². The summed E-state index contributed by atoms with van der Waals surface area (Å²) in [5.41, 5.74) is 2.60. The van der Waals surface area contributed by atoms with Crippen molar-refractivity contribution in [2.45, 2.75) is 19.8 Å². The molecule has 0 bridgehead atoms. The van der Waals surface area contributed by atoms with Gasteiger partial charge in [-0.25, -0.2) is 4.79 Å². The maximum Gasteiger partial charge on any atom is 0.335 e.